The number of amides is 1. The molecule has 2 aromatic carbocycles. The molecule has 1 heterocycles. The third-order valence-corrected chi connectivity index (χ3v) is 4.88. The maximum Gasteiger partial charge on any atom is 0.274 e. The van der Waals surface area contributed by atoms with E-state index in [-0.39, 0.29) is 11.3 Å². The SMILES string of the molecule is Cc1ccc(-n2c(C)cc(C=C(C#N)C(=O)Nc3ccc(F)cc3)c2C)cc1[N+](=O)[O-]. The molecule has 0 spiro atoms. The monoisotopic (exact) mass is 418 g/mol. The fourth-order valence-electron chi connectivity index (χ4n) is 3.30. The Labute approximate surface area is 178 Å². The minimum Gasteiger partial charge on any atom is -0.321 e. The van der Waals surface area contributed by atoms with E-state index in [9.17, 15) is 24.6 Å². The molecule has 0 atom stereocenters. The lowest BCUT2D eigenvalue weighted by Crippen LogP contribution is -2.13. The highest BCUT2D eigenvalue weighted by molar-refractivity contribution is 6.09. The van der Waals surface area contributed by atoms with Crippen molar-refractivity contribution >= 4 is 23.4 Å². The predicted octanol–water partition coefficient (Wildman–Crippen LogP) is 5.00. The Morgan fingerprint density at radius 3 is 2.45 bits per heavy atom. The van der Waals surface area contributed by atoms with Gasteiger partial charge < -0.3 is 9.88 Å². The number of anilines is 1. The third-order valence-electron chi connectivity index (χ3n) is 4.88. The van der Waals surface area contributed by atoms with E-state index < -0.39 is 16.6 Å². The van der Waals surface area contributed by atoms with Gasteiger partial charge in [-0.2, -0.15) is 5.26 Å². The van der Waals surface area contributed by atoms with E-state index >= 15 is 0 Å². The van der Waals surface area contributed by atoms with E-state index in [0.717, 1.165) is 11.4 Å². The second kappa shape index (κ2) is 8.63. The molecular formula is C23H19FN4O3. The molecule has 0 unspecified atom stereocenters. The third kappa shape index (κ3) is 4.51. The highest BCUT2D eigenvalue weighted by Gasteiger charge is 2.17. The second-order valence-electron chi connectivity index (χ2n) is 7.02. The van der Waals surface area contributed by atoms with Crippen LogP contribution in [-0.4, -0.2) is 15.4 Å². The van der Waals surface area contributed by atoms with E-state index in [1.165, 1.54) is 36.4 Å². The number of nitrogens with one attached hydrogen (secondary N) is 1. The topological polar surface area (TPSA) is 101 Å². The molecule has 0 saturated carbocycles. The molecule has 0 aliphatic heterocycles. The zero-order valence-corrected chi connectivity index (χ0v) is 17.1. The number of nitro benzene ring substituents is 1. The predicted molar refractivity (Wildman–Crippen MR) is 115 cm³/mol. The zero-order chi connectivity index (χ0) is 22.7. The van der Waals surface area contributed by atoms with E-state index in [0.29, 0.717) is 22.5 Å². The summed E-state index contributed by atoms with van der Waals surface area (Å²) in [6, 6.07) is 13.9. The van der Waals surface area contributed by atoms with Crippen molar-refractivity contribution in [1.82, 2.24) is 4.57 Å². The molecule has 0 radical (unpaired) electrons. The highest BCUT2D eigenvalue weighted by Crippen LogP contribution is 2.27. The number of hydrogen-bond acceptors (Lipinski definition) is 4. The fourth-order valence-corrected chi connectivity index (χ4v) is 3.30. The van der Waals surface area contributed by atoms with Crippen LogP contribution in [-0.2, 0) is 4.79 Å². The Balaban J connectivity index is 1.97. The number of benzene rings is 2. The van der Waals surface area contributed by atoms with E-state index in [1.807, 2.05) is 17.6 Å². The first-order valence-corrected chi connectivity index (χ1v) is 9.34. The summed E-state index contributed by atoms with van der Waals surface area (Å²) < 4.78 is 14.9. The van der Waals surface area contributed by atoms with Crippen LogP contribution in [0.5, 0.6) is 0 Å². The van der Waals surface area contributed by atoms with Crippen molar-refractivity contribution in [2.75, 3.05) is 5.32 Å². The van der Waals surface area contributed by atoms with Crippen LogP contribution < -0.4 is 5.32 Å². The molecule has 0 bridgehead atoms. The van der Waals surface area contributed by atoms with Crippen molar-refractivity contribution in [3.05, 3.63) is 92.6 Å². The normalized spacial score (nSPS) is 11.1. The summed E-state index contributed by atoms with van der Waals surface area (Å²) in [6.45, 7) is 5.31. The van der Waals surface area contributed by atoms with Crippen LogP contribution in [0, 0.1) is 48.0 Å². The fraction of sp³-hybridized carbons (Fsp3) is 0.130. The van der Waals surface area contributed by atoms with Crippen molar-refractivity contribution in [1.29, 1.82) is 5.26 Å². The Hall–Kier alpha value is -4.25. The number of hydrogen-bond donors (Lipinski definition) is 1. The van der Waals surface area contributed by atoms with Crippen LogP contribution >= 0.6 is 0 Å². The number of nitro groups is 1. The van der Waals surface area contributed by atoms with Crippen LogP contribution in [0.1, 0.15) is 22.5 Å². The van der Waals surface area contributed by atoms with Gasteiger partial charge in [0.05, 0.1) is 10.6 Å². The Morgan fingerprint density at radius 2 is 1.84 bits per heavy atom. The second-order valence-corrected chi connectivity index (χ2v) is 7.02. The summed E-state index contributed by atoms with van der Waals surface area (Å²) in [7, 11) is 0. The van der Waals surface area contributed by atoms with E-state index in [2.05, 4.69) is 5.32 Å². The largest absolute Gasteiger partial charge is 0.321 e. The number of halogens is 1. The molecule has 1 amide bonds. The molecular weight excluding hydrogens is 399 g/mol. The van der Waals surface area contributed by atoms with Crippen molar-refractivity contribution in [2.24, 2.45) is 0 Å². The molecule has 3 rings (SSSR count). The maximum absolute atomic E-state index is 13.0. The number of nitriles is 1. The van der Waals surface area contributed by atoms with Gasteiger partial charge in [-0.05, 0) is 68.8 Å². The lowest BCUT2D eigenvalue weighted by Gasteiger charge is -2.10. The Kier molecular flexibility index (Phi) is 5.97. The average molecular weight is 418 g/mol. The molecule has 0 saturated heterocycles. The van der Waals surface area contributed by atoms with Crippen molar-refractivity contribution in [3.63, 3.8) is 0 Å². The minimum absolute atomic E-state index is 0.0125. The van der Waals surface area contributed by atoms with Gasteiger partial charge in [-0.1, -0.05) is 6.07 Å². The molecule has 8 heteroatoms. The number of rotatable bonds is 5. The summed E-state index contributed by atoms with van der Waals surface area (Å²) in [5, 5.41) is 23.3. The smallest absolute Gasteiger partial charge is 0.274 e. The number of nitrogens with zero attached hydrogens (tertiary/aromatic N) is 3. The standard InChI is InChI=1S/C23H19FN4O3/c1-14-4-9-21(12-22(14)28(30)31)27-15(2)10-17(16(27)3)11-18(13-25)23(29)26-20-7-5-19(24)6-8-20/h4-12H,1-3H3,(H,26,29). The van der Waals surface area contributed by atoms with Crippen molar-refractivity contribution in [3.8, 4) is 11.8 Å². The molecule has 3 aromatic rings. The van der Waals surface area contributed by atoms with Gasteiger partial charge in [0.2, 0.25) is 0 Å². The number of aryl methyl sites for hydroxylation is 2. The van der Waals surface area contributed by atoms with Crippen LogP contribution in [0.15, 0.2) is 54.1 Å². The van der Waals surface area contributed by atoms with E-state index in [4.69, 9.17) is 0 Å². The molecule has 0 aliphatic carbocycles. The first kappa shape index (κ1) is 21.5. The van der Waals surface area contributed by atoms with Crippen LogP contribution in [0.25, 0.3) is 11.8 Å². The summed E-state index contributed by atoms with van der Waals surface area (Å²) in [4.78, 5) is 23.4. The zero-order valence-electron chi connectivity index (χ0n) is 17.1. The first-order valence-electron chi connectivity index (χ1n) is 9.34. The van der Waals surface area contributed by atoms with Crippen molar-refractivity contribution < 1.29 is 14.1 Å². The number of aromatic nitrogens is 1. The van der Waals surface area contributed by atoms with Gasteiger partial charge in [0, 0.05) is 28.7 Å². The molecule has 1 N–H and O–H groups in total. The molecule has 0 aliphatic rings. The van der Waals surface area contributed by atoms with E-state index in [1.54, 1.807) is 32.0 Å². The molecule has 0 fully saturated rings. The summed E-state index contributed by atoms with van der Waals surface area (Å²) >= 11 is 0. The maximum atomic E-state index is 13.0. The summed E-state index contributed by atoms with van der Waals surface area (Å²) in [5.41, 5.74) is 3.56. The molecule has 156 valence electrons. The summed E-state index contributed by atoms with van der Waals surface area (Å²) in [6.07, 6.45) is 1.46. The molecule has 1 aromatic heterocycles. The van der Waals surface area contributed by atoms with Gasteiger partial charge >= 0.3 is 0 Å². The van der Waals surface area contributed by atoms with Crippen LogP contribution in [0.3, 0.4) is 0 Å². The van der Waals surface area contributed by atoms with Gasteiger partial charge in [-0.25, -0.2) is 4.39 Å². The van der Waals surface area contributed by atoms with Crippen molar-refractivity contribution in [2.45, 2.75) is 20.8 Å². The number of carbonyl (C=O) groups is 1. The number of carbonyl (C=O) groups excluding carboxylic acids is 1. The van der Waals surface area contributed by atoms with Gasteiger partial charge in [0.25, 0.3) is 11.6 Å². The van der Waals surface area contributed by atoms with Gasteiger partial charge in [-0.3, -0.25) is 14.9 Å². The minimum atomic E-state index is -0.620. The van der Waals surface area contributed by atoms with Gasteiger partial charge in [-0.15, -0.1) is 0 Å². The molecule has 7 nitrogen and oxygen atoms in total. The highest BCUT2D eigenvalue weighted by atomic mass is 19.1. The average Bonchev–Trinajstić information content (AvgIpc) is 3.01. The Morgan fingerprint density at radius 1 is 1.16 bits per heavy atom. The lowest BCUT2D eigenvalue weighted by molar-refractivity contribution is -0.385. The lowest BCUT2D eigenvalue weighted by atomic mass is 10.1. The summed E-state index contributed by atoms with van der Waals surface area (Å²) in [5.74, 6) is -1.05. The first-order chi connectivity index (χ1) is 14.7. The van der Waals surface area contributed by atoms with Crippen LogP contribution in [0.4, 0.5) is 15.8 Å². The van der Waals surface area contributed by atoms with Gasteiger partial charge in [0.1, 0.15) is 17.5 Å². The molecule has 31 heavy (non-hydrogen) atoms. The quantitative estimate of drug-likeness (QED) is 0.273. The van der Waals surface area contributed by atoms with Gasteiger partial charge in [0.15, 0.2) is 0 Å². The van der Waals surface area contributed by atoms with Crippen LogP contribution in [0.2, 0.25) is 0 Å². The Bertz CT molecular complexity index is 1250.